The highest BCUT2D eigenvalue weighted by Gasteiger charge is 2.06. The number of nitrogens with two attached hydrogens (primary N) is 1. The average molecular weight is 222 g/mol. The maximum absolute atomic E-state index is 11.0. The van der Waals surface area contributed by atoms with Crippen molar-refractivity contribution in [1.82, 2.24) is 0 Å². The maximum atomic E-state index is 11.0. The molecular weight excluding hydrogens is 212 g/mol. The lowest BCUT2D eigenvalue weighted by atomic mass is 10.2. The van der Waals surface area contributed by atoms with Crippen molar-refractivity contribution in [2.45, 2.75) is 11.3 Å². The number of sulfonamides is 1. The molecule has 1 aromatic rings. The Kier molecular flexibility index (Phi) is 3.61. The van der Waals surface area contributed by atoms with Crippen LogP contribution in [-0.4, -0.2) is 8.42 Å². The second-order valence-electron chi connectivity index (χ2n) is 2.88. The first-order valence-electron chi connectivity index (χ1n) is 4.20. The fourth-order valence-corrected chi connectivity index (χ4v) is 1.61. The van der Waals surface area contributed by atoms with Crippen molar-refractivity contribution in [2.24, 2.45) is 5.14 Å². The molecule has 0 aliphatic heterocycles. The molecule has 78 valence electrons. The van der Waals surface area contributed by atoms with Crippen molar-refractivity contribution < 1.29 is 8.42 Å². The van der Waals surface area contributed by atoms with Crippen LogP contribution in [-0.2, 0) is 10.0 Å². The van der Waals surface area contributed by atoms with Crippen molar-refractivity contribution in [2.75, 3.05) is 0 Å². The minimum absolute atomic E-state index is 0.0709. The molecule has 0 fully saturated rings. The molecule has 4 nitrogen and oxygen atoms in total. The zero-order valence-electron chi connectivity index (χ0n) is 7.92. The monoisotopic (exact) mass is 222 g/mol. The summed E-state index contributed by atoms with van der Waals surface area (Å²) >= 11 is 0. The van der Waals surface area contributed by atoms with Gasteiger partial charge in [0.1, 0.15) is 0 Å². The van der Waals surface area contributed by atoms with Crippen molar-refractivity contribution >= 4 is 16.1 Å². The zero-order valence-corrected chi connectivity index (χ0v) is 8.74. The Morgan fingerprint density at radius 1 is 1.47 bits per heavy atom. The molecule has 5 heteroatoms. The number of nitriles is 1. The van der Waals surface area contributed by atoms with E-state index in [1.165, 1.54) is 12.1 Å². The van der Waals surface area contributed by atoms with Gasteiger partial charge in [-0.25, -0.2) is 13.6 Å². The number of primary sulfonamides is 1. The Morgan fingerprint density at radius 2 is 2.20 bits per heavy atom. The van der Waals surface area contributed by atoms with E-state index in [0.29, 0.717) is 12.0 Å². The second-order valence-corrected chi connectivity index (χ2v) is 4.44. The molecule has 0 radical (unpaired) electrons. The van der Waals surface area contributed by atoms with Crippen LogP contribution in [0.25, 0.3) is 6.08 Å². The van der Waals surface area contributed by atoms with Crippen LogP contribution >= 0.6 is 0 Å². The number of hydrogen-bond donors (Lipinski definition) is 1. The lowest BCUT2D eigenvalue weighted by molar-refractivity contribution is 0.598. The average Bonchev–Trinajstić information content (AvgIpc) is 2.17. The van der Waals surface area contributed by atoms with E-state index in [4.69, 9.17) is 10.4 Å². The molecule has 0 aliphatic rings. The SMILES string of the molecule is N#CCC=Cc1cccc(S(N)(=O)=O)c1. The molecule has 1 aromatic carbocycles. The lowest BCUT2D eigenvalue weighted by Crippen LogP contribution is -2.11. The molecule has 2 N–H and O–H groups in total. The topological polar surface area (TPSA) is 83.9 Å². The van der Waals surface area contributed by atoms with Crippen LogP contribution in [0.3, 0.4) is 0 Å². The van der Waals surface area contributed by atoms with Gasteiger partial charge in [-0.2, -0.15) is 5.26 Å². The summed E-state index contributed by atoms with van der Waals surface area (Å²) in [5, 5.41) is 13.3. The molecule has 0 atom stereocenters. The Bertz CT molecular complexity index is 512. The Hall–Kier alpha value is -1.64. The van der Waals surface area contributed by atoms with Crippen molar-refractivity contribution in [3.05, 3.63) is 35.9 Å². The van der Waals surface area contributed by atoms with Crippen LogP contribution in [0.2, 0.25) is 0 Å². The normalized spacial score (nSPS) is 11.5. The predicted molar refractivity (Wildman–Crippen MR) is 57.1 cm³/mol. The molecule has 0 saturated carbocycles. The Labute approximate surface area is 88.7 Å². The summed E-state index contributed by atoms with van der Waals surface area (Å²) < 4.78 is 22.0. The molecule has 0 saturated heterocycles. The van der Waals surface area contributed by atoms with E-state index in [1.54, 1.807) is 24.3 Å². The quantitative estimate of drug-likeness (QED) is 0.835. The standard InChI is InChI=1S/C10H10N2O2S/c11-7-2-1-4-9-5-3-6-10(8-9)15(12,13)14/h1,3-6,8H,2H2,(H2,12,13,14). The van der Waals surface area contributed by atoms with E-state index in [1.807, 2.05) is 6.07 Å². The van der Waals surface area contributed by atoms with Gasteiger partial charge in [-0.1, -0.05) is 24.3 Å². The van der Waals surface area contributed by atoms with Gasteiger partial charge in [0.2, 0.25) is 10.0 Å². The first-order valence-corrected chi connectivity index (χ1v) is 5.75. The first kappa shape index (κ1) is 11.4. The highest BCUT2D eigenvalue weighted by molar-refractivity contribution is 7.89. The van der Waals surface area contributed by atoms with Crippen LogP contribution < -0.4 is 5.14 Å². The molecule has 0 unspecified atom stereocenters. The highest BCUT2D eigenvalue weighted by atomic mass is 32.2. The fraction of sp³-hybridized carbons (Fsp3) is 0.100. The van der Waals surface area contributed by atoms with Crippen molar-refractivity contribution in [3.63, 3.8) is 0 Å². The molecular formula is C10H10N2O2S. The highest BCUT2D eigenvalue weighted by Crippen LogP contribution is 2.11. The van der Waals surface area contributed by atoms with Gasteiger partial charge in [-0.15, -0.1) is 0 Å². The summed E-state index contributed by atoms with van der Waals surface area (Å²) in [5.74, 6) is 0. The summed E-state index contributed by atoms with van der Waals surface area (Å²) in [6.45, 7) is 0. The molecule has 1 rings (SSSR count). The summed E-state index contributed by atoms with van der Waals surface area (Å²) in [6.07, 6.45) is 3.62. The van der Waals surface area contributed by atoms with Gasteiger partial charge >= 0.3 is 0 Å². The van der Waals surface area contributed by atoms with Gasteiger partial charge < -0.3 is 0 Å². The van der Waals surface area contributed by atoms with Gasteiger partial charge in [0, 0.05) is 0 Å². The zero-order chi connectivity index (χ0) is 11.3. The minimum Gasteiger partial charge on any atom is -0.225 e. The maximum Gasteiger partial charge on any atom is 0.238 e. The molecule has 0 aromatic heterocycles. The van der Waals surface area contributed by atoms with Gasteiger partial charge in [0.05, 0.1) is 17.4 Å². The third-order valence-electron chi connectivity index (χ3n) is 1.71. The van der Waals surface area contributed by atoms with E-state index < -0.39 is 10.0 Å². The number of hydrogen-bond acceptors (Lipinski definition) is 3. The predicted octanol–water partition coefficient (Wildman–Crippen LogP) is 1.26. The molecule has 0 heterocycles. The van der Waals surface area contributed by atoms with E-state index in [0.717, 1.165) is 0 Å². The van der Waals surface area contributed by atoms with Gasteiger partial charge in [-0.3, -0.25) is 0 Å². The third-order valence-corrected chi connectivity index (χ3v) is 2.62. The van der Waals surface area contributed by atoms with Crippen molar-refractivity contribution in [1.29, 1.82) is 5.26 Å². The fourth-order valence-electron chi connectivity index (χ4n) is 1.04. The van der Waals surface area contributed by atoms with Crippen LogP contribution in [0, 0.1) is 11.3 Å². The second kappa shape index (κ2) is 4.73. The lowest BCUT2D eigenvalue weighted by Gasteiger charge is -1.98. The number of allylic oxidation sites excluding steroid dienone is 1. The largest absolute Gasteiger partial charge is 0.238 e. The van der Waals surface area contributed by atoms with Gasteiger partial charge in [-0.05, 0) is 17.7 Å². The summed E-state index contributed by atoms with van der Waals surface area (Å²) in [6, 6.07) is 8.18. The van der Waals surface area contributed by atoms with Crippen molar-refractivity contribution in [3.8, 4) is 6.07 Å². The van der Waals surface area contributed by atoms with Crippen LogP contribution in [0.4, 0.5) is 0 Å². The number of rotatable bonds is 3. The smallest absolute Gasteiger partial charge is 0.225 e. The molecule has 0 aliphatic carbocycles. The molecule has 15 heavy (non-hydrogen) atoms. The third kappa shape index (κ3) is 3.54. The summed E-state index contributed by atoms with van der Waals surface area (Å²) in [5.41, 5.74) is 0.705. The van der Waals surface area contributed by atoms with E-state index >= 15 is 0 Å². The Morgan fingerprint density at radius 3 is 2.80 bits per heavy atom. The molecule has 0 spiro atoms. The van der Waals surface area contributed by atoms with Crippen LogP contribution in [0.5, 0.6) is 0 Å². The van der Waals surface area contributed by atoms with E-state index in [-0.39, 0.29) is 4.90 Å². The van der Waals surface area contributed by atoms with Gasteiger partial charge in [0.15, 0.2) is 0 Å². The molecule has 0 bridgehead atoms. The van der Waals surface area contributed by atoms with Gasteiger partial charge in [0.25, 0.3) is 0 Å². The number of benzene rings is 1. The minimum atomic E-state index is -3.65. The first-order chi connectivity index (χ1) is 7.04. The number of nitrogens with zero attached hydrogens (tertiary/aromatic N) is 1. The molecule has 0 amide bonds. The van der Waals surface area contributed by atoms with E-state index in [2.05, 4.69) is 0 Å². The van der Waals surface area contributed by atoms with E-state index in [9.17, 15) is 8.42 Å². The van der Waals surface area contributed by atoms with Crippen LogP contribution in [0.1, 0.15) is 12.0 Å². The summed E-state index contributed by atoms with van der Waals surface area (Å²) in [4.78, 5) is 0.0709. The van der Waals surface area contributed by atoms with Crippen LogP contribution in [0.15, 0.2) is 35.2 Å². The Balaban J connectivity index is 3.00. The summed E-state index contributed by atoms with van der Waals surface area (Å²) in [7, 11) is -3.65.